The molecule has 142 valence electrons. The van der Waals surface area contributed by atoms with Crippen molar-refractivity contribution in [3.8, 4) is 0 Å². The molecule has 7 nitrogen and oxygen atoms in total. The number of esters is 1. The Morgan fingerprint density at radius 2 is 2.11 bits per heavy atom. The average Bonchev–Trinajstić information content (AvgIpc) is 3.38. The number of hydrogen-bond donors (Lipinski definition) is 0. The number of ether oxygens (including phenoxy) is 1. The molecule has 2 bridgehead atoms. The standard InChI is InChI=1S/C19H21N3O4S/c1-26-18(25)19(8-13-11-27-12-20-13)9-14-2-3-16(19)22(14)17(24)10-21-6-4-15(23)5-7-21/h4-7,11-12,14,16H,2-3,8-10H2,1H3/t14-,16+,19+/m1/s1. The van der Waals surface area contributed by atoms with Crippen molar-refractivity contribution in [1.29, 1.82) is 0 Å². The van der Waals surface area contributed by atoms with Crippen LogP contribution in [0.5, 0.6) is 0 Å². The molecule has 0 unspecified atom stereocenters. The van der Waals surface area contributed by atoms with Crippen LogP contribution in [-0.4, -0.2) is 45.5 Å². The maximum atomic E-state index is 13.0. The van der Waals surface area contributed by atoms with Crippen LogP contribution in [0, 0.1) is 5.41 Å². The molecule has 0 radical (unpaired) electrons. The van der Waals surface area contributed by atoms with Gasteiger partial charge in [0.25, 0.3) is 0 Å². The second-order valence-corrected chi connectivity index (χ2v) is 7.98. The van der Waals surface area contributed by atoms with E-state index in [2.05, 4.69) is 4.98 Å². The summed E-state index contributed by atoms with van der Waals surface area (Å²) in [4.78, 5) is 43.3. The van der Waals surface area contributed by atoms with Gasteiger partial charge < -0.3 is 14.2 Å². The quantitative estimate of drug-likeness (QED) is 0.726. The number of rotatable bonds is 5. The molecule has 0 spiro atoms. The lowest BCUT2D eigenvalue weighted by molar-refractivity contribution is -0.155. The van der Waals surface area contributed by atoms with Crippen LogP contribution in [0.25, 0.3) is 0 Å². The first-order chi connectivity index (χ1) is 13.0. The van der Waals surface area contributed by atoms with E-state index in [0.29, 0.717) is 12.8 Å². The number of carbonyl (C=O) groups excluding carboxylic acids is 2. The van der Waals surface area contributed by atoms with Gasteiger partial charge in [-0.3, -0.25) is 14.4 Å². The van der Waals surface area contributed by atoms with Crippen molar-refractivity contribution >= 4 is 23.2 Å². The summed E-state index contributed by atoms with van der Waals surface area (Å²) >= 11 is 1.50. The zero-order valence-electron chi connectivity index (χ0n) is 15.0. The molecule has 2 aliphatic heterocycles. The van der Waals surface area contributed by atoms with Gasteiger partial charge in [0.2, 0.25) is 5.91 Å². The van der Waals surface area contributed by atoms with Crippen molar-refractivity contribution in [1.82, 2.24) is 14.5 Å². The number of fused-ring (bicyclic) bond motifs is 2. The summed E-state index contributed by atoms with van der Waals surface area (Å²) in [5.74, 6) is -0.293. The van der Waals surface area contributed by atoms with E-state index in [1.54, 1.807) is 22.5 Å². The minimum Gasteiger partial charge on any atom is -0.469 e. The summed E-state index contributed by atoms with van der Waals surface area (Å²) in [7, 11) is 1.41. The van der Waals surface area contributed by atoms with Crippen LogP contribution in [0.1, 0.15) is 25.0 Å². The molecule has 2 aliphatic rings. The Balaban J connectivity index is 1.60. The van der Waals surface area contributed by atoms with Crippen molar-refractivity contribution in [2.24, 2.45) is 5.41 Å². The zero-order chi connectivity index (χ0) is 19.0. The molecule has 2 fully saturated rings. The number of pyridine rings is 1. The molecule has 0 aliphatic carbocycles. The summed E-state index contributed by atoms with van der Waals surface area (Å²) in [6.45, 7) is 0.154. The Kier molecular flexibility index (Phi) is 4.59. The van der Waals surface area contributed by atoms with E-state index < -0.39 is 5.41 Å². The SMILES string of the molecule is COC(=O)[C@@]1(Cc2cscn2)C[C@H]2CC[C@@H]1N2C(=O)Cn1ccc(=O)cc1. The Morgan fingerprint density at radius 3 is 2.78 bits per heavy atom. The third-order valence-corrected chi connectivity index (χ3v) is 6.41. The molecule has 0 aromatic carbocycles. The van der Waals surface area contributed by atoms with Crippen molar-refractivity contribution in [3.05, 3.63) is 51.3 Å². The number of amides is 1. The topological polar surface area (TPSA) is 81.5 Å². The fourth-order valence-electron chi connectivity index (χ4n) is 4.68. The van der Waals surface area contributed by atoms with Crippen molar-refractivity contribution in [2.45, 2.75) is 44.3 Å². The molecular formula is C19H21N3O4S. The number of methoxy groups -OCH3 is 1. The van der Waals surface area contributed by atoms with E-state index in [-0.39, 0.29) is 35.9 Å². The second-order valence-electron chi connectivity index (χ2n) is 7.26. The maximum Gasteiger partial charge on any atom is 0.314 e. The molecule has 0 N–H and O–H groups in total. The summed E-state index contributed by atoms with van der Waals surface area (Å²) in [6.07, 6.45) is 6.02. The minimum absolute atomic E-state index is 0.0322. The molecule has 0 saturated carbocycles. The monoisotopic (exact) mass is 387 g/mol. The van der Waals surface area contributed by atoms with Gasteiger partial charge >= 0.3 is 5.97 Å². The van der Waals surface area contributed by atoms with Crippen LogP contribution in [0.2, 0.25) is 0 Å². The van der Waals surface area contributed by atoms with E-state index in [0.717, 1.165) is 18.5 Å². The molecule has 2 saturated heterocycles. The van der Waals surface area contributed by atoms with Gasteiger partial charge in [-0.1, -0.05) is 0 Å². The second kappa shape index (κ2) is 6.92. The molecule has 4 heterocycles. The van der Waals surface area contributed by atoms with Crippen molar-refractivity contribution in [2.75, 3.05) is 7.11 Å². The van der Waals surface area contributed by atoms with E-state index in [1.807, 2.05) is 10.3 Å². The van der Waals surface area contributed by atoms with E-state index >= 15 is 0 Å². The predicted octanol–water partition coefficient (Wildman–Crippen LogP) is 1.47. The molecular weight excluding hydrogens is 366 g/mol. The highest BCUT2D eigenvalue weighted by Crippen LogP contribution is 2.52. The van der Waals surface area contributed by atoms with Crippen LogP contribution in [0.4, 0.5) is 0 Å². The molecule has 27 heavy (non-hydrogen) atoms. The number of carbonyl (C=O) groups is 2. The Hall–Kier alpha value is -2.48. The lowest BCUT2D eigenvalue weighted by atomic mass is 9.71. The van der Waals surface area contributed by atoms with E-state index in [9.17, 15) is 14.4 Å². The largest absolute Gasteiger partial charge is 0.469 e. The summed E-state index contributed by atoms with van der Waals surface area (Å²) in [5, 5.41) is 1.95. The molecule has 2 aromatic rings. The molecule has 3 atom stereocenters. The maximum absolute atomic E-state index is 13.0. The normalized spacial score (nSPS) is 26.3. The lowest BCUT2D eigenvalue weighted by Gasteiger charge is -2.34. The third-order valence-electron chi connectivity index (χ3n) is 5.78. The number of aromatic nitrogens is 2. The van der Waals surface area contributed by atoms with E-state index in [1.165, 1.54) is 30.6 Å². The first-order valence-corrected chi connectivity index (χ1v) is 9.90. The smallest absolute Gasteiger partial charge is 0.314 e. The Labute approximate surface area is 160 Å². The highest BCUT2D eigenvalue weighted by Gasteiger charge is 2.61. The highest BCUT2D eigenvalue weighted by atomic mass is 32.1. The summed E-state index contributed by atoms with van der Waals surface area (Å²) in [5.41, 5.74) is 1.80. The lowest BCUT2D eigenvalue weighted by Crippen LogP contribution is -2.47. The van der Waals surface area contributed by atoms with Gasteiger partial charge in [-0.25, -0.2) is 4.98 Å². The third kappa shape index (κ3) is 3.07. The Morgan fingerprint density at radius 1 is 1.33 bits per heavy atom. The van der Waals surface area contributed by atoms with Crippen LogP contribution in [0.15, 0.2) is 40.2 Å². The average molecular weight is 387 g/mol. The van der Waals surface area contributed by atoms with Gasteiger partial charge in [-0.2, -0.15) is 0 Å². The predicted molar refractivity (Wildman–Crippen MR) is 99.2 cm³/mol. The Bertz CT molecular complexity index is 889. The van der Waals surface area contributed by atoms with Gasteiger partial charge in [0.15, 0.2) is 5.43 Å². The van der Waals surface area contributed by atoms with Crippen LogP contribution in [-0.2, 0) is 27.3 Å². The molecule has 4 rings (SSSR count). The number of nitrogens with zero attached hydrogens (tertiary/aromatic N) is 3. The molecule has 2 aromatic heterocycles. The molecule has 8 heteroatoms. The summed E-state index contributed by atoms with van der Waals surface area (Å²) in [6, 6.07) is 2.74. The van der Waals surface area contributed by atoms with Gasteiger partial charge in [-0.05, 0) is 19.3 Å². The fourth-order valence-corrected chi connectivity index (χ4v) is 5.24. The minimum atomic E-state index is -0.731. The number of hydrogen-bond acceptors (Lipinski definition) is 6. The van der Waals surface area contributed by atoms with Crippen LogP contribution in [0.3, 0.4) is 0 Å². The van der Waals surface area contributed by atoms with Crippen molar-refractivity contribution in [3.63, 3.8) is 0 Å². The fraction of sp³-hybridized carbons (Fsp3) is 0.474. The zero-order valence-corrected chi connectivity index (χ0v) is 15.9. The first-order valence-electron chi connectivity index (χ1n) is 8.96. The van der Waals surface area contributed by atoms with E-state index in [4.69, 9.17) is 4.74 Å². The number of thiazole rings is 1. The van der Waals surface area contributed by atoms with Gasteiger partial charge in [-0.15, -0.1) is 11.3 Å². The van der Waals surface area contributed by atoms with Gasteiger partial charge in [0.1, 0.15) is 6.54 Å². The van der Waals surface area contributed by atoms with Crippen LogP contribution < -0.4 is 5.43 Å². The van der Waals surface area contributed by atoms with Gasteiger partial charge in [0.05, 0.1) is 23.7 Å². The van der Waals surface area contributed by atoms with Crippen LogP contribution >= 0.6 is 11.3 Å². The molecule has 1 amide bonds. The first kappa shape index (κ1) is 17.9. The van der Waals surface area contributed by atoms with Gasteiger partial charge in [0, 0.05) is 48.4 Å². The highest BCUT2D eigenvalue weighted by molar-refractivity contribution is 7.07. The van der Waals surface area contributed by atoms with Crippen molar-refractivity contribution < 1.29 is 14.3 Å². The summed E-state index contributed by atoms with van der Waals surface area (Å²) < 4.78 is 6.85.